The standard InChI is InChI=1S/C24H32FN3OS/c1-19(2)21-9-4-6-11-23(21)26-24(30)28(18-20-8-3-5-10-22(20)25)13-7-12-27-14-16-29-17-15-27/h3-6,8-11,19H,7,12-18H2,1-2H3,(H,26,30). The van der Waals surface area contributed by atoms with Gasteiger partial charge in [-0.15, -0.1) is 0 Å². The summed E-state index contributed by atoms with van der Waals surface area (Å²) in [5.41, 5.74) is 2.90. The average molecular weight is 430 g/mol. The molecule has 30 heavy (non-hydrogen) atoms. The summed E-state index contributed by atoms with van der Waals surface area (Å²) < 4.78 is 19.7. The summed E-state index contributed by atoms with van der Waals surface area (Å²) in [7, 11) is 0. The zero-order valence-corrected chi connectivity index (χ0v) is 18.8. The smallest absolute Gasteiger partial charge is 0.173 e. The van der Waals surface area contributed by atoms with Crippen molar-refractivity contribution in [1.82, 2.24) is 9.80 Å². The van der Waals surface area contributed by atoms with E-state index in [2.05, 4.69) is 41.1 Å². The first-order valence-electron chi connectivity index (χ1n) is 10.7. The Morgan fingerprint density at radius 3 is 2.57 bits per heavy atom. The summed E-state index contributed by atoms with van der Waals surface area (Å²) in [6, 6.07) is 15.2. The van der Waals surface area contributed by atoms with Crippen LogP contribution >= 0.6 is 12.2 Å². The van der Waals surface area contributed by atoms with E-state index in [9.17, 15) is 4.39 Å². The number of nitrogens with one attached hydrogen (secondary N) is 1. The zero-order chi connectivity index (χ0) is 21.3. The number of morpholine rings is 1. The molecule has 1 aliphatic heterocycles. The fourth-order valence-electron chi connectivity index (χ4n) is 3.70. The van der Waals surface area contributed by atoms with E-state index in [1.54, 1.807) is 6.07 Å². The van der Waals surface area contributed by atoms with Crippen LogP contribution in [0.15, 0.2) is 48.5 Å². The van der Waals surface area contributed by atoms with Crippen molar-refractivity contribution >= 4 is 23.0 Å². The van der Waals surface area contributed by atoms with Crippen molar-refractivity contribution in [3.05, 3.63) is 65.5 Å². The van der Waals surface area contributed by atoms with Gasteiger partial charge in [-0.2, -0.15) is 0 Å². The van der Waals surface area contributed by atoms with Gasteiger partial charge in [0.05, 0.1) is 13.2 Å². The maximum Gasteiger partial charge on any atom is 0.173 e. The maximum absolute atomic E-state index is 14.3. The highest BCUT2D eigenvalue weighted by molar-refractivity contribution is 7.80. The van der Waals surface area contributed by atoms with E-state index in [0.29, 0.717) is 23.1 Å². The van der Waals surface area contributed by atoms with Crippen LogP contribution in [0.5, 0.6) is 0 Å². The molecule has 0 radical (unpaired) electrons. The Morgan fingerprint density at radius 1 is 1.13 bits per heavy atom. The number of thiocarbonyl (C=S) groups is 1. The zero-order valence-electron chi connectivity index (χ0n) is 17.9. The van der Waals surface area contributed by atoms with E-state index < -0.39 is 0 Å². The van der Waals surface area contributed by atoms with Gasteiger partial charge in [0.1, 0.15) is 5.82 Å². The van der Waals surface area contributed by atoms with Gasteiger partial charge < -0.3 is 15.0 Å². The first-order chi connectivity index (χ1) is 14.5. The molecule has 2 aromatic rings. The second kappa shape index (κ2) is 11.4. The molecule has 1 N–H and O–H groups in total. The third-order valence-corrected chi connectivity index (χ3v) is 5.80. The highest BCUT2D eigenvalue weighted by atomic mass is 32.1. The van der Waals surface area contributed by atoms with Gasteiger partial charge in [-0.3, -0.25) is 4.90 Å². The molecule has 162 valence electrons. The van der Waals surface area contributed by atoms with Gasteiger partial charge in [-0.1, -0.05) is 50.2 Å². The van der Waals surface area contributed by atoms with Crippen molar-refractivity contribution < 1.29 is 9.13 Å². The molecule has 0 unspecified atom stereocenters. The molecule has 1 fully saturated rings. The minimum absolute atomic E-state index is 0.193. The molecule has 0 amide bonds. The van der Waals surface area contributed by atoms with E-state index in [1.807, 2.05) is 24.3 Å². The summed E-state index contributed by atoms with van der Waals surface area (Å²) in [6.07, 6.45) is 0.960. The Balaban J connectivity index is 1.69. The van der Waals surface area contributed by atoms with E-state index in [0.717, 1.165) is 51.5 Å². The molecule has 0 aromatic heterocycles. The van der Waals surface area contributed by atoms with Crippen LogP contribution in [0.2, 0.25) is 0 Å². The number of rotatable bonds is 8. The Hall–Kier alpha value is -2.02. The van der Waals surface area contributed by atoms with Gasteiger partial charge in [0.15, 0.2) is 5.11 Å². The number of anilines is 1. The molecule has 0 saturated carbocycles. The number of hydrogen-bond donors (Lipinski definition) is 1. The summed E-state index contributed by atoms with van der Waals surface area (Å²) in [5, 5.41) is 4.05. The summed E-state index contributed by atoms with van der Waals surface area (Å²) in [4.78, 5) is 4.49. The van der Waals surface area contributed by atoms with Crippen LogP contribution in [0, 0.1) is 5.82 Å². The summed E-state index contributed by atoms with van der Waals surface area (Å²) in [5.74, 6) is 0.193. The quantitative estimate of drug-likeness (QED) is 0.605. The Morgan fingerprint density at radius 2 is 1.83 bits per heavy atom. The van der Waals surface area contributed by atoms with Crippen LogP contribution in [0.4, 0.5) is 10.1 Å². The Labute approximate surface area is 185 Å². The largest absolute Gasteiger partial charge is 0.379 e. The van der Waals surface area contributed by atoms with Crippen molar-refractivity contribution in [2.45, 2.75) is 32.7 Å². The van der Waals surface area contributed by atoms with Gasteiger partial charge in [0.2, 0.25) is 0 Å². The fourth-order valence-corrected chi connectivity index (χ4v) is 3.97. The van der Waals surface area contributed by atoms with Crippen molar-refractivity contribution in [2.75, 3.05) is 44.7 Å². The molecule has 0 atom stereocenters. The van der Waals surface area contributed by atoms with Gasteiger partial charge in [-0.05, 0) is 42.3 Å². The SMILES string of the molecule is CC(C)c1ccccc1NC(=S)N(CCCN1CCOCC1)Cc1ccccc1F. The first kappa shape index (κ1) is 22.7. The number of halogens is 1. The normalized spacial score (nSPS) is 14.7. The van der Waals surface area contributed by atoms with Crippen LogP contribution in [-0.2, 0) is 11.3 Å². The molecule has 2 aromatic carbocycles. The molecule has 6 heteroatoms. The molecule has 1 aliphatic rings. The summed E-state index contributed by atoms with van der Waals surface area (Å²) in [6.45, 7) is 10.1. The fraction of sp³-hybridized carbons (Fsp3) is 0.458. The van der Waals surface area contributed by atoms with Crippen molar-refractivity contribution in [1.29, 1.82) is 0 Å². The van der Waals surface area contributed by atoms with E-state index in [4.69, 9.17) is 17.0 Å². The predicted octanol–water partition coefficient (Wildman–Crippen LogP) is 4.87. The van der Waals surface area contributed by atoms with Crippen molar-refractivity contribution in [3.8, 4) is 0 Å². The molecule has 0 spiro atoms. The molecule has 1 heterocycles. The number of hydrogen-bond acceptors (Lipinski definition) is 3. The molecular formula is C24H32FN3OS. The highest BCUT2D eigenvalue weighted by Crippen LogP contribution is 2.24. The van der Waals surface area contributed by atoms with Crippen LogP contribution in [-0.4, -0.2) is 54.3 Å². The summed E-state index contributed by atoms with van der Waals surface area (Å²) >= 11 is 5.77. The third kappa shape index (κ3) is 6.49. The molecule has 4 nitrogen and oxygen atoms in total. The predicted molar refractivity (Wildman–Crippen MR) is 125 cm³/mol. The lowest BCUT2D eigenvalue weighted by Gasteiger charge is -2.30. The average Bonchev–Trinajstić information content (AvgIpc) is 2.75. The number of ether oxygens (including phenoxy) is 1. The minimum Gasteiger partial charge on any atom is -0.379 e. The third-order valence-electron chi connectivity index (χ3n) is 5.44. The van der Waals surface area contributed by atoms with E-state index in [1.165, 1.54) is 11.6 Å². The molecule has 0 aliphatic carbocycles. The Kier molecular flexibility index (Phi) is 8.61. The highest BCUT2D eigenvalue weighted by Gasteiger charge is 2.16. The second-order valence-electron chi connectivity index (χ2n) is 7.99. The van der Waals surface area contributed by atoms with Crippen molar-refractivity contribution in [2.24, 2.45) is 0 Å². The lowest BCUT2D eigenvalue weighted by atomic mass is 10.0. The van der Waals surface area contributed by atoms with Gasteiger partial charge in [-0.25, -0.2) is 4.39 Å². The van der Waals surface area contributed by atoms with E-state index >= 15 is 0 Å². The van der Waals surface area contributed by atoms with Crippen molar-refractivity contribution in [3.63, 3.8) is 0 Å². The lowest BCUT2D eigenvalue weighted by molar-refractivity contribution is 0.0367. The van der Waals surface area contributed by atoms with Crippen LogP contribution in [0.25, 0.3) is 0 Å². The maximum atomic E-state index is 14.3. The Bertz CT molecular complexity index is 824. The van der Waals surface area contributed by atoms with Gasteiger partial charge >= 0.3 is 0 Å². The molecular weight excluding hydrogens is 397 g/mol. The number of nitrogens with zero attached hydrogens (tertiary/aromatic N) is 2. The molecule has 1 saturated heterocycles. The van der Waals surface area contributed by atoms with Crippen LogP contribution < -0.4 is 5.32 Å². The number of benzene rings is 2. The second-order valence-corrected chi connectivity index (χ2v) is 8.38. The van der Waals surface area contributed by atoms with Crippen LogP contribution in [0.1, 0.15) is 37.3 Å². The molecule has 0 bridgehead atoms. The van der Waals surface area contributed by atoms with Gasteiger partial charge in [0.25, 0.3) is 0 Å². The monoisotopic (exact) mass is 429 g/mol. The lowest BCUT2D eigenvalue weighted by Crippen LogP contribution is -2.40. The van der Waals surface area contributed by atoms with Gasteiger partial charge in [0, 0.05) is 44.0 Å². The topological polar surface area (TPSA) is 27.7 Å². The molecule has 3 rings (SSSR count). The van der Waals surface area contributed by atoms with Crippen LogP contribution in [0.3, 0.4) is 0 Å². The number of para-hydroxylation sites is 1. The first-order valence-corrected chi connectivity index (χ1v) is 11.1. The van der Waals surface area contributed by atoms with E-state index in [-0.39, 0.29) is 5.82 Å². The minimum atomic E-state index is -0.193.